The van der Waals surface area contributed by atoms with Crippen molar-refractivity contribution < 1.29 is 9.18 Å². The molecule has 0 aliphatic rings. The van der Waals surface area contributed by atoms with Crippen LogP contribution in [0.5, 0.6) is 0 Å². The van der Waals surface area contributed by atoms with Crippen molar-refractivity contribution in [3.63, 3.8) is 0 Å². The van der Waals surface area contributed by atoms with E-state index < -0.39 is 11.7 Å². The third-order valence-corrected chi connectivity index (χ3v) is 3.24. The second-order valence-corrected chi connectivity index (χ2v) is 5.07. The summed E-state index contributed by atoms with van der Waals surface area (Å²) >= 11 is 7.07. The van der Waals surface area contributed by atoms with Crippen LogP contribution in [0.25, 0.3) is 0 Å². The minimum absolute atomic E-state index is 0.0427. The van der Waals surface area contributed by atoms with Crippen LogP contribution in [0.4, 0.5) is 4.39 Å². The molecule has 0 radical (unpaired) electrons. The van der Waals surface area contributed by atoms with Crippen LogP contribution in [0.15, 0.2) is 41.5 Å². The van der Waals surface area contributed by atoms with Crippen molar-refractivity contribution in [3.8, 4) is 0 Å². The quantitative estimate of drug-likeness (QED) is 0.681. The molecule has 0 saturated carbocycles. The van der Waals surface area contributed by atoms with Crippen molar-refractivity contribution in [1.82, 2.24) is 5.43 Å². The second kappa shape index (κ2) is 5.75. The average Bonchev–Trinajstić information content (AvgIpc) is 2.75. The maximum absolute atomic E-state index is 13.3. The molecular weight excluding hydrogens is 275 g/mol. The Balaban J connectivity index is 2.01. The van der Waals surface area contributed by atoms with Gasteiger partial charge in [0, 0.05) is 4.88 Å². The number of carbonyl (C=O) groups excluding carboxylic acids is 1. The number of nitrogens with one attached hydrogen (secondary N) is 1. The highest BCUT2D eigenvalue weighted by Gasteiger charge is 2.09. The van der Waals surface area contributed by atoms with Gasteiger partial charge in [0.25, 0.3) is 5.91 Å². The minimum atomic E-state index is -0.591. The van der Waals surface area contributed by atoms with Crippen molar-refractivity contribution in [2.75, 3.05) is 0 Å². The van der Waals surface area contributed by atoms with Crippen LogP contribution >= 0.6 is 22.9 Å². The van der Waals surface area contributed by atoms with Gasteiger partial charge in [-0.05, 0) is 24.3 Å². The normalized spacial score (nSPS) is 10.8. The molecule has 0 atom stereocenters. The number of halogens is 2. The molecule has 18 heavy (non-hydrogen) atoms. The predicted octanol–water partition coefficient (Wildman–Crippen LogP) is 3.30. The third kappa shape index (κ3) is 3.15. The summed E-state index contributed by atoms with van der Waals surface area (Å²) < 4.78 is 13.9. The highest BCUT2D eigenvalue weighted by molar-refractivity contribution is 7.17. The molecule has 1 aromatic heterocycles. The van der Waals surface area contributed by atoms with Gasteiger partial charge in [-0.2, -0.15) is 5.10 Å². The highest BCUT2D eigenvalue weighted by atomic mass is 35.5. The van der Waals surface area contributed by atoms with Crippen LogP contribution in [0.2, 0.25) is 4.34 Å². The average molecular weight is 283 g/mol. The van der Waals surface area contributed by atoms with E-state index in [0.717, 1.165) is 4.88 Å². The van der Waals surface area contributed by atoms with Crippen LogP contribution < -0.4 is 5.43 Å². The van der Waals surface area contributed by atoms with Crippen molar-refractivity contribution in [1.29, 1.82) is 0 Å². The van der Waals surface area contributed by atoms with Gasteiger partial charge >= 0.3 is 0 Å². The first-order valence-electron chi connectivity index (χ1n) is 5.00. The van der Waals surface area contributed by atoms with E-state index >= 15 is 0 Å². The maximum Gasteiger partial charge on any atom is 0.274 e. The van der Waals surface area contributed by atoms with Crippen molar-refractivity contribution in [3.05, 3.63) is 57.0 Å². The van der Waals surface area contributed by atoms with Crippen molar-refractivity contribution in [2.24, 2.45) is 5.10 Å². The number of benzene rings is 1. The molecule has 1 aromatic carbocycles. The van der Waals surface area contributed by atoms with Gasteiger partial charge in [0.1, 0.15) is 5.82 Å². The fourth-order valence-electron chi connectivity index (χ4n) is 1.26. The summed E-state index contributed by atoms with van der Waals surface area (Å²) in [6, 6.07) is 9.21. The van der Waals surface area contributed by atoms with E-state index in [0.29, 0.717) is 4.34 Å². The summed E-state index contributed by atoms with van der Waals surface area (Å²) in [5, 5.41) is 3.73. The third-order valence-electron chi connectivity index (χ3n) is 2.07. The fraction of sp³-hybridized carbons (Fsp3) is 0. The van der Waals surface area contributed by atoms with E-state index in [2.05, 4.69) is 10.5 Å². The van der Waals surface area contributed by atoms with Crippen molar-refractivity contribution in [2.45, 2.75) is 0 Å². The SMILES string of the molecule is O=C(N/N=C\c1ccc(Cl)s1)c1ccccc1F. The molecule has 0 fully saturated rings. The molecule has 92 valence electrons. The van der Waals surface area contributed by atoms with Gasteiger partial charge < -0.3 is 0 Å². The first kappa shape index (κ1) is 12.7. The molecule has 1 amide bonds. The predicted molar refractivity (Wildman–Crippen MR) is 70.8 cm³/mol. The van der Waals surface area contributed by atoms with Gasteiger partial charge in [0.2, 0.25) is 0 Å². The summed E-state index contributed by atoms with van der Waals surface area (Å²) in [6.45, 7) is 0. The Morgan fingerprint density at radius 2 is 2.11 bits per heavy atom. The summed E-state index contributed by atoms with van der Waals surface area (Å²) in [5.74, 6) is -1.17. The van der Waals surface area contributed by atoms with Crippen LogP contribution in [-0.4, -0.2) is 12.1 Å². The zero-order chi connectivity index (χ0) is 13.0. The minimum Gasteiger partial charge on any atom is -0.267 e. The number of amides is 1. The van der Waals surface area contributed by atoms with E-state index in [-0.39, 0.29) is 5.56 Å². The molecule has 0 unspecified atom stereocenters. The number of nitrogens with zero attached hydrogens (tertiary/aromatic N) is 1. The Morgan fingerprint density at radius 3 is 2.78 bits per heavy atom. The van der Waals surface area contributed by atoms with E-state index in [9.17, 15) is 9.18 Å². The number of hydrogen-bond donors (Lipinski definition) is 1. The molecule has 2 aromatic rings. The monoisotopic (exact) mass is 282 g/mol. The molecule has 0 aliphatic carbocycles. The number of carbonyl (C=O) groups is 1. The molecule has 0 saturated heterocycles. The summed E-state index contributed by atoms with van der Waals surface area (Å²) in [7, 11) is 0. The molecule has 3 nitrogen and oxygen atoms in total. The standard InChI is InChI=1S/C12H8ClFN2OS/c13-11-6-5-8(18-11)7-15-16-12(17)9-3-1-2-4-10(9)14/h1-7H,(H,16,17)/b15-7-. The van der Waals surface area contributed by atoms with E-state index in [1.165, 1.54) is 35.8 Å². The Hall–Kier alpha value is -1.72. The zero-order valence-electron chi connectivity index (χ0n) is 9.06. The Kier molecular flexibility index (Phi) is 4.07. The molecule has 1 N–H and O–H groups in total. The van der Waals surface area contributed by atoms with Crippen LogP contribution in [0.3, 0.4) is 0 Å². The lowest BCUT2D eigenvalue weighted by molar-refractivity contribution is 0.0951. The largest absolute Gasteiger partial charge is 0.274 e. The molecular formula is C12H8ClFN2OS. The lowest BCUT2D eigenvalue weighted by Gasteiger charge is -2.00. The highest BCUT2D eigenvalue weighted by Crippen LogP contribution is 2.19. The zero-order valence-corrected chi connectivity index (χ0v) is 10.6. The van der Waals surface area contributed by atoms with Gasteiger partial charge in [0.05, 0.1) is 16.1 Å². The number of rotatable bonds is 3. The number of hydrazone groups is 1. The first-order chi connectivity index (χ1) is 8.66. The summed E-state index contributed by atoms with van der Waals surface area (Å²) in [5.41, 5.74) is 2.21. The van der Waals surface area contributed by atoms with Gasteiger partial charge in [-0.15, -0.1) is 11.3 Å². The fourth-order valence-corrected chi connectivity index (χ4v) is 2.19. The smallest absolute Gasteiger partial charge is 0.267 e. The maximum atomic E-state index is 13.3. The van der Waals surface area contributed by atoms with Gasteiger partial charge in [0.15, 0.2) is 0 Å². The Labute approximate surface area is 112 Å². The summed E-state index contributed by atoms with van der Waals surface area (Å²) in [6.07, 6.45) is 1.45. The van der Waals surface area contributed by atoms with Crippen LogP contribution in [-0.2, 0) is 0 Å². The Morgan fingerprint density at radius 1 is 1.33 bits per heavy atom. The molecule has 0 bridgehead atoms. The van der Waals surface area contributed by atoms with Crippen molar-refractivity contribution >= 4 is 35.1 Å². The lowest BCUT2D eigenvalue weighted by atomic mass is 10.2. The number of hydrogen-bond acceptors (Lipinski definition) is 3. The van der Waals surface area contributed by atoms with E-state index in [1.807, 2.05) is 0 Å². The molecule has 1 heterocycles. The molecule has 0 aliphatic heterocycles. The summed E-state index contributed by atoms with van der Waals surface area (Å²) in [4.78, 5) is 12.4. The van der Waals surface area contributed by atoms with E-state index in [4.69, 9.17) is 11.6 Å². The molecule has 0 spiro atoms. The number of thiophene rings is 1. The topological polar surface area (TPSA) is 41.5 Å². The Bertz CT molecular complexity index is 597. The van der Waals surface area contributed by atoms with Gasteiger partial charge in [-0.25, -0.2) is 9.82 Å². The van der Waals surface area contributed by atoms with Crippen LogP contribution in [0.1, 0.15) is 15.2 Å². The molecule has 6 heteroatoms. The molecule has 2 rings (SSSR count). The second-order valence-electron chi connectivity index (χ2n) is 3.32. The lowest BCUT2D eigenvalue weighted by Crippen LogP contribution is -2.18. The van der Waals surface area contributed by atoms with E-state index in [1.54, 1.807) is 18.2 Å². The van der Waals surface area contributed by atoms with Gasteiger partial charge in [-0.3, -0.25) is 4.79 Å². The van der Waals surface area contributed by atoms with Crippen LogP contribution in [0, 0.1) is 5.82 Å². The van der Waals surface area contributed by atoms with Gasteiger partial charge in [-0.1, -0.05) is 23.7 Å². The first-order valence-corrected chi connectivity index (χ1v) is 6.19.